The van der Waals surface area contributed by atoms with Crippen molar-refractivity contribution in [3.05, 3.63) is 0 Å². The molecule has 62 valence electrons. The topological polar surface area (TPSA) is 3.24 Å². The van der Waals surface area contributed by atoms with Gasteiger partial charge in [0.25, 0.3) is 0 Å². The first-order chi connectivity index (χ1) is 4.56. The molecule has 1 nitrogen and oxygen atoms in total. The van der Waals surface area contributed by atoms with Crippen molar-refractivity contribution in [2.75, 3.05) is 14.1 Å². The molecule has 0 aliphatic carbocycles. The van der Waals surface area contributed by atoms with Crippen molar-refractivity contribution in [2.24, 2.45) is 0 Å². The van der Waals surface area contributed by atoms with Gasteiger partial charge in [0.1, 0.15) is 8.24 Å². The molecule has 0 spiro atoms. The highest BCUT2D eigenvalue weighted by Crippen LogP contribution is 2.18. The van der Waals surface area contributed by atoms with Gasteiger partial charge in [-0.2, -0.15) is 0 Å². The van der Waals surface area contributed by atoms with Gasteiger partial charge in [0.2, 0.25) is 0 Å². The van der Waals surface area contributed by atoms with Crippen LogP contribution < -0.4 is 0 Å². The zero-order valence-corrected chi connectivity index (χ0v) is 9.07. The minimum atomic E-state index is -0.967. The highest BCUT2D eigenvalue weighted by molar-refractivity contribution is 6.75. The first kappa shape index (κ1) is 10.2. The second kappa shape index (κ2) is 4.14. The van der Waals surface area contributed by atoms with Gasteiger partial charge in [0.15, 0.2) is 0 Å². The van der Waals surface area contributed by atoms with Gasteiger partial charge in [-0.25, -0.2) is 0 Å². The lowest BCUT2D eigenvalue weighted by molar-refractivity contribution is 0.605. The lowest BCUT2D eigenvalue weighted by Gasteiger charge is -2.32. The Kier molecular flexibility index (Phi) is 4.21. The fraction of sp³-hybridized carbons (Fsp3) is 1.00. The van der Waals surface area contributed by atoms with Crippen molar-refractivity contribution in [2.45, 2.75) is 38.9 Å². The summed E-state index contributed by atoms with van der Waals surface area (Å²) in [5.74, 6) is 0. The van der Waals surface area contributed by atoms with E-state index in [0.717, 1.165) is 0 Å². The van der Waals surface area contributed by atoms with E-state index in [1.54, 1.807) is 0 Å². The van der Waals surface area contributed by atoms with Crippen LogP contribution in [0, 0.1) is 0 Å². The summed E-state index contributed by atoms with van der Waals surface area (Å²) in [4.78, 5) is 0. The Morgan fingerprint density at radius 1 is 1.20 bits per heavy atom. The predicted molar refractivity (Wildman–Crippen MR) is 50.9 cm³/mol. The second-order valence-corrected chi connectivity index (χ2v) is 8.59. The van der Waals surface area contributed by atoms with Gasteiger partial charge in [-0.05, 0) is 26.2 Å². The van der Waals surface area contributed by atoms with Crippen LogP contribution in [0.2, 0.25) is 18.6 Å². The van der Waals surface area contributed by atoms with Gasteiger partial charge < -0.3 is 4.57 Å². The Morgan fingerprint density at radius 3 is 1.80 bits per heavy atom. The van der Waals surface area contributed by atoms with Gasteiger partial charge in [0, 0.05) is 0 Å². The smallest absolute Gasteiger partial charge is 0.124 e. The minimum Gasteiger partial charge on any atom is -0.329 e. The van der Waals surface area contributed by atoms with E-state index in [1.165, 1.54) is 18.5 Å². The van der Waals surface area contributed by atoms with E-state index in [9.17, 15) is 0 Å². The summed E-state index contributed by atoms with van der Waals surface area (Å²) in [6, 6.07) is 2.82. The molecule has 0 amide bonds. The Hall–Kier alpha value is 0.177. The van der Waals surface area contributed by atoms with E-state index < -0.39 is 8.24 Å². The van der Waals surface area contributed by atoms with Crippen molar-refractivity contribution in [3.63, 3.8) is 0 Å². The molecule has 1 unspecified atom stereocenters. The predicted octanol–water partition coefficient (Wildman–Crippen LogP) is 2.55. The molecule has 0 aliphatic heterocycles. The fourth-order valence-electron chi connectivity index (χ4n) is 1.26. The third-order valence-corrected chi connectivity index (χ3v) is 7.89. The second-order valence-electron chi connectivity index (χ2n) is 3.49. The van der Waals surface area contributed by atoms with E-state index >= 15 is 0 Å². The molecule has 0 aliphatic rings. The zero-order valence-electron chi connectivity index (χ0n) is 8.07. The molecule has 0 fully saturated rings. The molecule has 0 saturated carbocycles. The van der Waals surface area contributed by atoms with Crippen LogP contribution in [-0.2, 0) is 0 Å². The molecule has 10 heavy (non-hydrogen) atoms. The highest BCUT2D eigenvalue weighted by Gasteiger charge is 2.25. The van der Waals surface area contributed by atoms with Crippen molar-refractivity contribution < 1.29 is 0 Å². The zero-order chi connectivity index (χ0) is 8.20. The summed E-state index contributed by atoms with van der Waals surface area (Å²) in [5, 5.41) is 0. The first-order valence-corrected chi connectivity index (χ1v) is 7.10. The summed E-state index contributed by atoms with van der Waals surface area (Å²) < 4.78 is 2.47. The lowest BCUT2D eigenvalue weighted by Crippen LogP contribution is -2.45. The number of hydrogen-bond acceptors (Lipinski definition) is 1. The van der Waals surface area contributed by atoms with E-state index in [-0.39, 0.29) is 0 Å². The average molecular weight is 159 g/mol. The average Bonchev–Trinajstić information content (AvgIpc) is 1.88. The van der Waals surface area contributed by atoms with Crippen LogP contribution in [-0.4, -0.2) is 26.9 Å². The van der Waals surface area contributed by atoms with E-state index in [1.807, 2.05) is 0 Å². The SMILES string of the molecule is CCC[Si](C)(CC)N(C)C. The van der Waals surface area contributed by atoms with Crippen LogP contribution in [0.15, 0.2) is 0 Å². The van der Waals surface area contributed by atoms with Crippen LogP contribution in [0.25, 0.3) is 0 Å². The largest absolute Gasteiger partial charge is 0.329 e. The standard InChI is InChI=1S/C8H21NSi/c1-6-8-10(5,7-2)9(3)4/h6-8H2,1-5H3. The van der Waals surface area contributed by atoms with Crippen molar-refractivity contribution in [1.29, 1.82) is 0 Å². The molecule has 0 heterocycles. The Balaban J connectivity index is 3.94. The van der Waals surface area contributed by atoms with Crippen LogP contribution in [0.3, 0.4) is 0 Å². The van der Waals surface area contributed by atoms with E-state index in [2.05, 4.69) is 39.1 Å². The van der Waals surface area contributed by atoms with Gasteiger partial charge in [0.05, 0.1) is 0 Å². The van der Waals surface area contributed by atoms with E-state index in [0.29, 0.717) is 0 Å². The normalized spacial score (nSPS) is 17.4. The number of nitrogens with zero attached hydrogens (tertiary/aromatic N) is 1. The molecule has 0 aromatic rings. The number of rotatable bonds is 4. The van der Waals surface area contributed by atoms with Gasteiger partial charge in [-0.15, -0.1) is 0 Å². The van der Waals surface area contributed by atoms with Crippen LogP contribution in [0.4, 0.5) is 0 Å². The molecular weight excluding hydrogens is 138 g/mol. The molecule has 0 N–H and O–H groups in total. The van der Waals surface area contributed by atoms with Gasteiger partial charge >= 0.3 is 0 Å². The van der Waals surface area contributed by atoms with Crippen LogP contribution in [0.5, 0.6) is 0 Å². The Morgan fingerprint density at radius 2 is 1.70 bits per heavy atom. The quantitative estimate of drug-likeness (QED) is 0.570. The van der Waals surface area contributed by atoms with E-state index in [4.69, 9.17) is 0 Å². The maximum atomic E-state index is 2.47. The molecule has 1 atom stereocenters. The van der Waals surface area contributed by atoms with Crippen molar-refractivity contribution in [3.8, 4) is 0 Å². The minimum absolute atomic E-state index is 0.967. The Bertz CT molecular complexity index is 93.3. The monoisotopic (exact) mass is 159 g/mol. The van der Waals surface area contributed by atoms with Gasteiger partial charge in [-0.3, -0.25) is 0 Å². The molecule has 0 saturated heterocycles. The Labute approximate surface area is 66.5 Å². The number of hydrogen-bond donors (Lipinski definition) is 0. The molecular formula is C8H21NSi. The molecule has 0 aromatic heterocycles. The summed E-state index contributed by atoms with van der Waals surface area (Å²) in [5.41, 5.74) is 0. The van der Waals surface area contributed by atoms with Crippen LogP contribution in [0.1, 0.15) is 20.3 Å². The summed E-state index contributed by atoms with van der Waals surface area (Å²) in [7, 11) is 3.49. The lowest BCUT2D eigenvalue weighted by atomic mass is 10.6. The first-order valence-electron chi connectivity index (χ1n) is 4.24. The summed E-state index contributed by atoms with van der Waals surface area (Å²) >= 11 is 0. The fourth-order valence-corrected chi connectivity index (χ4v) is 3.77. The summed E-state index contributed by atoms with van der Waals surface area (Å²) in [6.45, 7) is 7.07. The third-order valence-electron chi connectivity index (χ3n) is 2.63. The van der Waals surface area contributed by atoms with Gasteiger partial charge in [-0.1, -0.05) is 26.8 Å². The molecule has 2 heteroatoms. The third kappa shape index (κ3) is 2.43. The highest BCUT2D eigenvalue weighted by atomic mass is 28.3. The van der Waals surface area contributed by atoms with Crippen molar-refractivity contribution in [1.82, 2.24) is 4.57 Å². The molecule has 0 aromatic carbocycles. The van der Waals surface area contributed by atoms with Crippen molar-refractivity contribution >= 4 is 8.24 Å². The molecule has 0 radical (unpaired) electrons. The molecule has 0 bridgehead atoms. The molecule has 0 rings (SSSR count). The van der Waals surface area contributed by atoms with Crippen LogP contribution >= 0.6 is 0 Å². The summed E-state index contributed by atoms with van der Waals surface area (Å²) in [6.07, 6.45) is 1.34. The maximum Gasteiger partial charge on any atom is 0.124 e. The maximum absolute atomic E-state index is 2.47.